The predicted molar refractivity (Wildman–Crippen MR) is 93.3 cm³/mol. The maximum absolute atomic E-state index is 12.6. The molecule has 1 saturated heterocycles. The van der Waals surface area contributed by atoms with E-state index in [1.807, 2.05) is 17.0 Å². The third kappa shape index (κ3) is 3.87. The van der Waals surface area contributed by atoms with Crippen molar-refractivity contribution in [2.75, 3.05) is 26.2 Å². The van der Waals surface area contributed by atoms with Crippen LogP contribution in [0.2, 0.25) is 5.02 Å². The Kier molecular flexibility index (Phi) is 5.24. The van der Waals surface area contributed by atoms with Crippen LogP contribution in [0.25, 0.3) is 0 Å². The molecule has 3 unspecified atom stereocenters. The lowest BCUT2D eigenvalue weighted by Crippen LogP contribution is -2.50. The highest BCUT2D eigenvalue weighted by Crippen LogP contribution is 2.28. The van der Waals surface area contributed by atoms with E-state index in [0.29, 0.717) is 11.9 Å². The Morgan fingerprint density at radius 2 is 1.83 bits per heavy atom. The Morgan fingerprint density at radius 1 is 1.17 bits per heavy atom. The molecule has 2 fully saturated rings. The Bertz CT molecular complexity index is 540. The van der Waals surface area contributed by atoms with Crippen molar-refractivity contribution in [2.24, 2.45) is 11.7 Å². The molecule has 4 nitrogen and oxygen atoms in total. The summed E-state index contributed by atoms with van der Waals surface area (Å²) >= 11 is 5.96. The first-order valence-corrected chi connectivity index (χ1v) is 8.96. The minimum atomic E-state index is 0.158. The quantitative estimate of drug-likeness (QED) is 0.924. The van der Waals surface area contributed by atoms with Gasteiger partial charge in [0.25, 0.3) is 0 Å². The average molecular weight is 336 g/mol. The zero-order valence-corrected chi connectivity index (χ0v) is 14.5. The van der Waals surface area contributed by atoms with Crippen LogP contribution in [-0.4, -0.2) is 47.9 Å². The molecular formula is C18H26ClN3O. The van der Waals surface area contributed by atoms with E-state index >= 15 is 0 Å². The third-order valence-corrected chi connectivity index (χ3v) is 5.60. The second-order valence-electron chi connectivity index (χ2n) is 6.86. The summed E-state index contributed by atoms with van der Waals surface area (Å²) in [7, 11) is 0. The van der Waals surface area contributed by atoms with Crippen LogP contribution >= 0.6 is 11.6 Å². The Hall–Kier alpha value is -1.10. The minimum Gasteiger partial charge on any atom is -0.340 e. The van der Waals surface area contributed by atoms with E-state index in [2.05, 4.69) is 24.0 Å². The summed E-state index contributed by atoms with van der Waals surface area (Å²) in [6.07, 6.45) is 2.81. The lowest BCUT2D eigenvalue weighted by Gasteiger charge is -2.39. The number of hydrogen-bond acceptors (Lipinski definition) is 3. The summed E-state index contributed by atoms with van der Waals surface area (Å²) in [6, 6.07) is 8.63. The number of carbonyl (C=O) groups is 1. The molecule has 2 N–H and O–H groups in total. The van der Waals surface area contributed by atoms with Gasteiger partial charge in [-0.1, -0.05) is 23.7 Å². The van der Waals surface area contributed by atoms with E-state index in [4.69, 9.17) is 17.3 Å². The fourth-order valence-corrected chi connectivity index (χ4v) is 3.91. The van der Waals surface area contributed by atoms with Crippen molar-refractivity contribution in [2.45, 2.75) is 38.3 Å². The van der Waals surface area contributed by atoms with Gasteiger partial charge in [-0.2, -0.15) is 0 Å². The Balaban J connectivity index is 1.53. The molecule has 3 atom stereocenters. The van der Waals surface area contributed by atoms with Gasteiger partial charge in [0.05, 0.1) is 0 Å². The van der Waals surface area contributed by atoms with Crippen molar-refractivity contribution in [3.05, 3.63) is 34.9 Å². The molecule has 3 rings (SSSR count). The molecule has 126 valence electrons. The van der Waals surface area contributed by atoms with Crippen molar-refractivity contribution in [3.63, 3.8) is 0 Å². The molecule has 0 bridgehead atoms. The molecule has 1 saturated carbocycles. The zero-order chi connectivity index (χ0) is 16.4. The second-order valence-corrected chi connectivity index (χ2v) is 7.30. The van der Waals surface area contributed by atoms with E-state index in [1.54, 1.807) is 0 Å². The minimum absolute atomic E-state index is 0.158. The van der Waals surface area contributed by atoms with Crippen LogP contribution in [0.3, 0.4) is 0 Å². The average Bonchev–Trinajstić information content (AvgIpc) is 3.01. The van der Waals surface area contributed by atoms with Crippen LogP contribution in [0.5, 0.6) is 0 Å². The van der Waals surface area contributed by atoms with Gasteiger partial charge in [0.1, 0.15) is 0 Å². The monoisotopic (exact) mass is 335 g/mol. The van der Waals surface area contributed by atoms with Gasteiger partial charge in [-0.05, 0) is 43.9 Å². The van der Waals surface area contributed by atoms with Crippen LogP contribution in [0.1, 0.15) is 37.8 Å². The molecule has 2 aliphatic rings. The second kappa shape index (κ2) is 7.20. The molecule has 5 heteroatoms. The van der Waals surface area contributed by atoms with E-state index in [0.717, 1.165) is 50.5 Å². The van der Waals surface area contributed by atoms with Gasteiger partial charge in [-0.3, -0.25) is 9.69 Å². The topological polar surface area (TPSA) is 49.6 Å². The predicted octanol–water partition coefficient (Wildman–Crippen LogP) is 2.67. The van der Waals surface area contributed by atoms with E-state index in [-0.39, 0.29) is 12.0 Å². The number of hydrogen-bond donors (Lipinski definition) is 1. The first kappa shape index (κ1) is 16.7. The maximum Gasteiger partial charge on any atom is 0.225 e. The third-order valence-electron chi connectivity index (χ3n) is 5.35. The van der Waals surface area contributed by atoms with Gasteiger partial charge >= 0.3 is 0 Å². The first-order chi connectivity index (χ1) is 11.0. The number of benzene rings is 1. The fourth-order valence-electron chi connectivity index (χ4n) is 3.78. The summed E-state index contributed by atoms with van der Waals surface area (Å²) in [5, 5.41) is 0.770. The van der Waals surface area contributed by atoms with Gasteiger partial charge < -0.3 is 10.6 Å². The van der Waals surface area contributed by atoms with Gasteiger partial charge in [0.15, 0.2) is 0 Å². The summed E-state index contributed by atoms with van der Waals surface area (Å²) in [5.74, 6) is 0.474. The van der Waals surface area contributed by atoms with Crippen molar-refractivity contribution >= 4 is 17.5 Å². The number of piperazine rings is 1. The van der Waals surface area contributed by atoms with Gasteiger partial charge in [0.2, 0.25) is 5.91 Å². The van der Waals surface area contributed by atoms with Crippen LogP contribution in [0.15, 0.2) is 24.3 Å². The smallest absolute Gasteiger partial charge is 0.225 e. The molecule has 23 heavy (non-hydrogen) atoms. The molecule has 1 aliphatic carbocycles. The van der Waals surface area contributed by atoms with Crippen molar-refractivity contribution < 1.29 is 4.79 Å². The molecule has 0 aromatic heterocycles. The molecule has 0 radical (unpaired) electrons. The molecular weight excluding hydrogens is 310 g/mol. The van der Waals surface area contributed by atoms with Crippen LogP contribution in [0.4, 0.5) is 0 Å². The maximum atomic E-state index is 12.6. The van der Waals surface area contributed by atoms with E-state index < -0.39 is 0 Å². The summed E-state index contributed by atoms with van der Waals surface area (Å²) in [4.78, 5) is 17.0. The summed E-state index contributed by atoms with van der Waals surface area (Å²) in [5.41, 5.74) is 7.21. The summed E-state index contributed by atoms with van der Waals surface area (Å²) < 4.78 is 0. The van der Waals surface area contributed by atoms with Crippen LogP contribution in [-0.2, 0) is 4.79 Å². The van der Waals surface area contributed by atoms with Crippen molar-refractivity contribution in [1.82, 2.24) is 9.80 Å². The molecule has 1 aliphatic heterocycles. The van der Waals surface area contributed by atoms with E-state index in [1.165, 1.54) is 5.56 Å². The van der Waals surface area contributed by atoms with Crippen molar-refractivity contribution in [1.29, 1.82) is 0 Å². The standard InChI is InChI=1S/C18H26ClN3O/c1-13(14-2-5-16(19)6-3-14)21-8-10-22(11-9-21)18(23)15-4-7-17(20)12-15/h2-3,5-6,13,15,17H,4,7-12,20H2,1H3. The number of halogens is 1. The molecule has 1 aromatic rings. The van der Waals surface area contributed by atoms with Gasteiger partial charge in [0, 0.05) is 49.2 Å². The molecule has 1 amide bonds. The fraction of sp³-hybridized carbons (Fsp3) is 0.611. The lowest BCUT2D eigenvalue weighted by molar-refractivity contribution is -0.137. The van der Waals surface area contributed by atoms with Crippen molar-refractivity contribution in [3.8, 4) is 0 Å². The molecule has 1 heterocycles. The zero-order valence-electron chi connectivity index (χ0n) is 13.7. The van der Waals surface area contributed by atoms with Gasteiger partial charge in [-0.15, -0.1) is 0 Å². The molecule has 1 aromatic carbocycles. The normalized spacial score (nSPS) is 27.2. The number of amides is 1. The number of nitrogens with zero attached hydrogens (tertiary/aromatic N) is 2. The largest absolute Gasteiger partial charge is 0.340 e. The number of carbonyl (C=O) groups excluding carboxylic acids is 1. The lowest BCUT2D eigenvalue weighted by atomic mass is 10.0. The highest BCUT2D eigenvalue weighted by Gasteiger charge is 2.33. The Morgan fingerprint density at radius 3 is 2.39 bits per heavy atom. The van der Waals surface area contributed by atoms with E-state index in [9.17, 15) is 4.79 Å². The van der Waals surface area contributed by atoms with Crippen LogP contribution in [0, 0.1) is 5.92 Å². The summed E-state index contributed by atoms with van der Waals surface area (Å²) in [6.45, 7) is 5.71. The highest BCUT2D eigenvalue weighted by atomic mass is 35.5. The van der Waals surface area contributed by atoms with Crippen LogP contribution < -0.4 is 5.73 Å². The molecule has 0 spiro atoms. The highest BCUT2D eigenvalue weighted by molar-refractivity contribution is 6.30. The SMILES string of the molecule is CC(c1ccc(Cl)cc1)N1CCN(C(=O)C2CCC(N)C2)CC1. The number of nitrogens with two attached hydrogens (primary N) is 1. The first-order valence-electron chi connectivity index (χ1n) is 8.58. The number of rotatable bonds is 3. The Labute approximate surface area is 143 Å². The van der Waals surface area contributed by atoms with Gasteiger partial charge in [-0.25, -0.2) is 0 Å².